The number of anilines is 2. The molecule has 0 aromatic carbocycles. The molecule has 0 bridgehead atoms. The third-order valence-electron chi connectivity index (χ3n) is 3.91. The number of methoxy groups -OCH3 is 1. The molecule has 1 unspecified atom stereocenters. The van der Waals surface area contributed by atoms with Crippen LogP contribution in [0.1, 0.15) is 12.8 Å². The van der Waals surface area contributed by atoms with Crippen molar-refractivity contribution in [3.63, 3.8) is 0 Å². The molecular formula is C16H22N6O2. The summed E-state index contributed by atoms with van der Waals surface area (Å²) in [5, 5.41) is 0. The molecular weight excluding hydrogens is 308 g/mol. The third kappa shape index (κ3) is 3.81. The molecule has 2 aromatic rings. The van der Waals surface area contributed by atoms with Crippen LogP contribution in [-0.4, -0.2) is 60.3 Å². The van der Waals surface area contributed by atoms with Crippen molar-refractivity contribution >= 4 is 11.6 Å². The molecule has 0 amide bonds. The van der Waals surface area contributed by atoms with E-state index in [9.17, 15) is 0 Å². The molecule has 0 aliphatic carbocycles. The van der Waals surface area contributed by atoms with E-state index in [0.29, 0.717) is 11.8 Å². The molecule has 1 aliphatic rings. The Morgan fingerprint density at radius 1 is 1.17 bits per heavy atom. The summed E-state index contributed by atoms with van der Waals surface area (Å²) in [4.78, 5) is 21.2. The predicted octanol–water partition coefficient (Wildman–Crippen LogP) is 1.39. The lowest BCUT2D eigenvalue weighted by Gasteiger charge is -2.33. The van der Waals surface area contributed by atoms with E-state index in [1.165, 1.54) is 0 Å². The van der Waals surface area contributed by atoms with Crippen LogP contribution in [0.2, 0.25) is 0 Å². The van der Waals surface area contributed by atoms with Crippen molar-refractivity contribution in [3.8, 4) is 11.8 Å². The summed E-state index contributed by atoms with van der Waals surface area (Å²) in [6.45, 7) is 1.70. The minimum Gasteiger partial charge on any atom is -0.494 e. The zero-order valence-corrected chi connectivity index (χ0v) is 14.2. The van der Waals surface area contributed by atoms with E-state index < -0.39 is 0 Å². The molecule has 2 aromatic heterocycles. The fourth-order valence-electron chi connectivity index (χ4n) is 2.62. The Kier molecular flexibility index (Phi) is 4.93. The summed E-state index contributed by atoms with van der Waals surface area (Å²) in [6.07, 6.45) is 6.85. The Labute approximate surface area is 141 Å². The maximum Gasteiger partial charge on any atom is 0.316 e. The van der Waals surface area contributed by atoms with Gasteiger partial charge in [0.25, 0.3) is 0 Å². The number of ether oxygens (including phenoxy) is 2. The van der Waals surface area contributed by atoms with Crippen molar-refractivity contribution in [3.05, 3.63) is 24.8 Å². The first-order valence-electron chi connectivity index (χ1n) is 7.92. The SMILES string of the molecule is COc1cnc(OC2CCCN(c3cc(N(C)C)ncn3)C2)nc1. The van der Waals surface area contributed by atoms with Crippen LogP contribution in [0.3, 0.4) is 0 Å². The van der Waals surface area contributed by atoms with Crippen LogP contribution in [0.4, 0.5) is 11.6 Å². The van der Waals surface area contributed by atoms with E-state index in [2.05, 4.69) is 24.8 Å². The quantitative estimate of drug-likeness (QED) is 0.814. The second-order valence-electron chi connectivity index (χ2n) is 5.86. The summed E-state index contributed by atoms with van der Waals surface area (Å²) in [5.41, 5.74) is 0. The molecule has 0 saturated carbocycles. The minimum atomic E-state index is 0.0323. The monoisotopic (exact) mass is 330 g/mol. The molecule has 8 heteroatoms. The molecule has 1 saturated heterocycles. The zero-order chi connectivity index (χ0) is 16.9. The van der Waals surface area contributed by atoms with E-state index in [1.54, 1.807) is 25.8 Å². The Hall–Kier alpha value is -2.64. The van der Waals surface area contributed by atoms with Gasteiger partial charge in [-0.15, -0.1) is 0 Å². The average molecular weight is 330 g/mol. The Bertz CT molecular complexity index is 664. The number of piperidine rings is 1. The molecule has 0 radical (unpaired) electrons. The standard InChI is InChI=1S/C16H22N6O2/c1-21(2)14-7-15(20-11-19-14)22-6-4-5-12(10-22)24-16-17-8-13(23-3)9-18-16/h7-9,11-12H,4-6,10H2,1-3H3. The van der Waals surface area contributed by atoms with Gasteiger partial charge in [0.05, 0.1) is 26.0 Å². The number of hydrogen-bond acceptors (Lipinski definition) is 8. The maximum atomic E-state index is 5.91. The molecule has 1 aliphatic heterocycles. The fraction of sp³-hybridized carbons (Fsp3) is 0.500. The molecule has 24 heavy (non-hydrogen) atoms. The number of nitrogens with zero attached hydrogens (tertiary/aromatic N) is 6. The predicted molar refractivity (Wildman–Crippen MR) is 90.8 cm³/mol. The van der Waals surface area contributed by atoms with E-state index in [-0.39, 0.29) is 6.10 Å². The van der Waals surface area contributed by atoms with Gasteiger partial charge in [0.2, 0.25) is 0 Å². The van der Waals surface area contributed by atoms with Gasteiger partial charge in [-0.05, 0) is 12.8 Å². The van der Waals surface area contributed by atoms with Crippen LogP contribution in [0.5, 0.6) is 11.8 Å². The van der Waals surface area contributed by atoms with Gasteiger partial charge in [-0.25, -0.2) is 9.97 Å². The number of rotatable bonds is 5. The smallest absolute Gasteiger partial charge is 0.316 e. The number of aromatic nitrogens is 4. The van der Waals surface area contributed by atoms with Crippen LogP contribution in [0.15, 0.2) is 24.8 Å². The third-order valence-corrected chi connectivity index (χ3v) is 3.91. The van der Waals surface area contributed by atoms with Crippen molar-refractivity contribution in [2.24, 2.45) is 0 Å². The van der Waals surface area contributed by atoms with Gasteiger partial charge >= 0.3 is 6.01 Å². The normalized spacial score (nSPS) is 17.5. The molecule has 3 rings (SSSR count). The zero-order valence-electron chi connectivity index (χ0n) is 14.2. The average Bonchev–Trinajstić information content (AvgIpc) is 2.63. The van der Waals surface area contributed by atoms with E-state index in [1.807, 2.05) is 25.1 Å². The molecule has 3 heterocycles. The summed E-state index contributed by atoms with van der Waals surface area (Å²) in [6, 6.07) is 2.37. The molecule has 128 valence electrons. The highest BCUT2D eigenvalue weighted by Crippen LogP contribution is 2.22. The first kappa shape index (κ1) is 16.2. The second kappa shape index (κ2) is 7.29. The van der Waals surface area contributed by atoms with Crippen molar-refractivity contribution in [1.29, 1.82) is 0 Å². The molecule has 1 atom stereocenters. The van der Waals surface area contributed by atoms with Crippen molar-refractivity contribution in [1.82, 2.24) is 19.9 Å². The molecule has 0 N–H and O–H groups in total. The van der Waals surface area contributed by atoms with Gasteiger partial charge in [-0.1, -0.05) is 0 Å². The van der Waals surface area contributed by atoms with Crippen molar-refractivity contribution in [2.45, 2.75) is 18.9 Å². The Morgan fingerprint density at radius 3 is 2.67 bits per heavy atom. The van der Waals surface area contributed by atoms with Gasteiger partial charge in [0.1, 0.15) is 24.1 Å². The second-order valence-corrected chi connectivity index (χ2v) is 5.86. The summed E-state index contributed by atoms with van der Waals surface area (Å²) in [5.74, 6) is 2.42. The summed E-state index contributed by atoms with van der Waals surface area (Å²) < 4.78 is 11.0. The largest absolute Gasteiger partial charge is 0.494 e. The lowest BCUT2D eigenvalue weighted by Crippen LogP contribution is -2.41. The van der Waals surface area contributed by atoms with Crippen LogP contribution in [-0.2, 0) is 0 Å². The van der Waals surface area contributed by atoms with Crippen LogP contribution in [0, 0.1) is 0 Å². The topological polar surface area (TPSA) is 76.5 Å². The highest BCUT2D eigenvalue weighted by Gasteiger charge is 2.23. The fourth-order valence-corrected chi connectivity index (χ4v) is 2.62. The highest BCUT2D eigenvalue weighted by molar-refractivity contribution is 5.49. The van der Waals surface area contributed by atoms with Gasteiger partial charge in [0.15, 0.2) is 5.75 Å². The summed E-state index contributed by atoms with van der Waals surface area (Å²) >= 11 is 0. The van der Waals surface area contributed by atoms with Crippen LogP contribution in [0.25, 0.3) is 0 Å². The first-order valence-corrected chi connectivity index (χ1v) is 7.92. The van der Waals surface area contributed by atoms with E-state index >= 15 is 0 Å². The van der Waals surface area contributed by atoms with Crippen molar-refractivity contribution in [2.75, 3.05) is 44.1 Å². The van der Waals surface area contributed by atoms with Gasteiger partial charge < -0.3 is 19.3 Å². The van der Waals surface area contributed by atoms with Crippen molar-refractivity contribution < 1.29 is 9.47 Å². The lowest BCUT2D eigenvalue weighted by atomic mass is 10.1. The van der Waals surface area contributed by atoms with Gasteiger partial charge in [0, 0.05) is 26.7 Å². The molecule has 8 nitrogen and oxygen atoms in total. The maximum absolute atomic E-state index is 5.91. The lowest BCUT2D eigenvalue weighted by molar-refractivity contribution is 0.163. The highest BCUT2D eigenvalue weighted by atomic mass is 16.5. The summed E-state index contributed by atoms with van der Waals surface area (Å²) in [7, 11) is 5.52. The minimum absolute atomic E-state index is 0.0323. The van der Waals surface area contributed by atoms with E-state index in [0.717, 1.165) is 37.6 Å². The van der Waals surface area contributed by atoms with E-state index in [4.69, 9.17) is 9.47 Å². The van der Waals surface area contributed by atoms with Gasteiger partial charge in [-0.2, -0.15) is 9.97 Å². The molecule has 1 fully saturated rings. The molecule has 0 spiro atoms. The Morgan fingerprint density at radius 2 is 1.96 bits per heavy atom. The first-order chi connectivity index (χ1) is 11.7. The van der Waals surface area contributed by atoms with Crippen LogP contribution >= 0.6 is 0 Å². The number of hydrogen-bond donors (Lipinski definition) is 0. The van der Waals surface area contributed by atoms with Crippen LogP contribution < -0.4 is 19.3 Å². The van der Waals surface area contributed by atoms with Gasteiger partial charge in [-0.3, -0.25) is 0 Å². The Balaban J connectivity index is 1.66.